The molecule has 1 aliphatic rings. The van der Waals surface area contributed by atoms with Gasteiger partial charge in [-0.3, -0.25) is 0 Å². The molecule has 6 heteroatoms. The van der Waals surface area contributed by atoms with Gasteiger partial charge < -0.3 is 14.6 Å². The normalized spacial score (nSPS) is 14.4. The standard InChI is InChI=1S/C20H21BrO4S/c1-13-8-17(6-7-19(13)24-12-20(22)23)26-18-10-14(21)9-16(11-18)25-15-4-2-3-5-15/h6-11,15H,2-5,12H2,1H3,(H,22,23). The SMILES string of the molecule is Cc1cc(Sc2cc(Br)cc(OC3CCCC3)c2)ccc1OCC(=O)O. The third-order valence-corrected chi connectivity index (χ3v) is 5.60. The summed E-state index contributed by atoms with van der Waals surface area (Å²) in [5.41, 5.74) is 0.911. The Balaban J connectivity index is 1.70. The molecule has 3 rings (SSSR count). The summed E-state index contributed by atoms with van der Waals surface area (Å²) in [4.78, 5) is 12.8. The van der Waals surface area contributed by atoms with Crippen molar-refractivity contribution in [1.29, 1.82) is 0 Å². The number of benzene rings is 2. The molecule has 26 heavy (non-hydrogen) atoms. The Bertz CT molecular complexity index is 787. The highest BCUT2D eigenvalue weighted by molar-refractivity contribution is 9.10. The Morgan fingerprint density at radius 3 is 2.65 bits per heavy atom. The summed E-state index contributed by atoms with van der Waals surface area (Å²) >= 11 is 5.21. The molecule has 0 atom stereocenters. The number of aryl methyl sites for hydroxylation is 1. The lowest BCUT2D eigenvalue weighted by atomic mass is 10.2. The number of rotatable bonds is 7. The zero-order valence-corrected chi connectivity index (χ0v) is 16.9. The van der Waals surface area contributed by atoms with Crippen molar-refractivity contribution in [3.05, 3.63) is 46.4 Å². The molecule has 0 aliphatic heterocycles. The molecular weight excluding hydrogens is 416 g/mol. The highest BCUT2D eigenvalue weighted by atomic mass is 79.9. The smallest absolute Gasteiger partial charge is 0.341 e. The third kappa shape index (κ3) is 5.42. The third-order valence-electron chi connectivity index (χ3n) is 4.18. The van der Waals surface area contributed by atoms with Gasteiger partial charge in [0, 0.05) is 14.3 Å². The maximum atomic E-state index is 10.6. The van der Waals surface area contributed by atoms with E-state index in [1.807, 2.05) is 31.2 Å². The second kappa shape index (κ2) is 8.82. The van der Waals surface area contributed by atoms with Gasteiger partial charge in [-0.2, -0.15) is 0 Å². The maximum absolute atomic E-state index is 10.6. The monoisotopic (exact) mass is 436 g/mol. The van der Waals surface area contributed by atoms with Crippen molar-refractivity contribution < 1.29 is 19.4 Å². The predicted molar refractivity (Wildman–Crippen MR) is 105 cm³/mol. The number of aliphatic carboxylic acids is 1. The average molecular weight is 437 g/mol. The van der Waals surface area contributed by atoms with E-state index < -0.39 is 5.97 Å². The second-order valence-corrected chi connectivity index (χ2v) is 8.42. The largest absolute Gasteiger partial charge is 0.490 e. The number of hydrogen-bond donors (Lipinski definition) is 1. The molecule has 138 valence electrons. The number of hydrogen-bond acceptors (Lipinski definition) is 4. The van der Waals surface area contributed by atoms with Crippen LogP contribution in [0.25, 0.3) is 0 Å². The molecule has 1 saturated carbocycles. The van der Waals surface area contributed by atoms with Gasteiger partial charge in [-0.15, -0.1) is 0 Å². The molecule has 1 aliphatic carbocycles. The molecule has 0 bridgehead atoms. The van der Waals surface area contributed by atoms with E-state index in [4.69, 9.17) is 14.6 Å². The van der Waals surface area contributed by atoms with Gasteiger partial charge in [0.25, 0.3) is 0 Å². The van der Waals surface area contributed by atoms with Gasteiger partial charge in [-0.25, -0.2) is 4.79 Å². The van der Waals surface area contributed by atoms with Gasteiger partial charge in [0.05, 0.1) is 6.10 Å². The zero-order valence-electron chi connectivity index (χ0n) is 14.5. The van der Waals surface area contributed by atoms with Gasteiger partial charge in [0.2, 0.25) is 0 Å². The molecule has 0 saturated heterocycles. The van der Waals surface area contributed by atoms with Crippen LogP contribution in [0, 0.1) is 6.92 Å². The van der Waals surface area contributed by atoms with Crippen molar-refractivity contribution in [1.82, 2.24) is 0 Å². The van der Waals surface area contributed by atoms with E-state index in [1.165, 1.54) is 12.8 Å². The molecule has 0 spiro atoms. The summed E-state index contributed by atoms with van der Waals surface area (Å²) in [6.45, 7) is 1.58. The van der Waals surface area contributed by atoms with E-state index >= 15 is 0 Å². The lowest BCUT2D eigenvalue weighted by Gasteiger charge is -2.15. The number of carbonyl (C=O) groups is 1. The predicted octanol–water partition coefficient (Wildman–Crippen LogP) is 5.69. The summed E-state index contributed by atoms with van der Waals surface area (Å²) < 4.78 is 12.4. The quantitative estimate of drug-likeness (QED) is 0.603. The maximum Gasteiger partial charge on any atom is 0.341 e. The van der Waals surface area contributed by atoms with Crippen LogP contribution in [0.1, 0.15) is 31.2 Å². The number of ether oxygens (including phenoxy) is 2. The Hall–Kier alpha value is -1.66. The highest BCUT2D eigenvalue weighted by Gasteiger charge is 2.17. The van der Waals surface area contributed by atoms with Crippen molar-refractivity contribution in [3.8, 4) is 11.5 Å². The van der Waals surface area contributed by atoms with E-state index in [-0.39, 0.29) is 6.61 Å². The van der Waals surface area contributed by atoms with Crippen molar-refractivity contribution in [3.63, 3.8) is 0 Å². The number of carboxylic acids is 1. The van der Waals surface area contributed by atoms with Crippen LogP contribution in [0.3, 0.4) is 0 Å². The van der Waals surface area contributed by atoms with E-state index in [0.717, 1.165) is 38.4 Å². The zero-order chi connectivity index (χ0) is 18.5. The van der Waals surface area contributed by atoms with Gasteiger partial charge in [0.15, 0.2) is 6.61 Å². The molecule has 2 aromatic carbocycles. The first-order chi connectivity index (χ1) is 12.5. The molecule has 1 fully saturated rings. The topological polar surface area (TPSA) is 55.8 Å². The molecule has 2 aromatic rings. The van der Waals surface area contributed by atoms with Gasteiger partial charge in [-0.1, -0.05) is 27.7 Å². The Morgan fingerprint density at radius 1 is 1.19 bits per heavy atom. The Labute approximate surface area is 166 Å². The van der Waals surface area contributed by atoms with E-state index in [9.17, 15) is 4.79 Å². The van der Waals surface area contributed by atoms with Gasteiger partial charge >= 0.3 is 5.97 Å². The first kappa shape index (κ1) is 19.1. The fraction of sp³-hybridized carbons (Fsp3) is 0.350. The van der Waals surface area contributed by atoms with Gasteiger partial charge in [-0.05, 0) is 74.6 Å². The summed E-state index contributed by atoms with van der Waals surface area (Å²) in [5.74, 6) is 0.509. The molecule has 0 heterocycles. The first-order valence-corrected chi connectivity index (χ1v) is 10.2. The van der Waals surface area contributed by atoms with Gasteiger partial charge in [0.1, 0.15) is 11.5 Å². The lowest BCUT2D eigenvalue weighted by molar-refractivity contribution is -0.139. The van der Waals surface area contributed by atoms with Crippen LogP contribution in [-0.4, -0.2) is 23.8 Å². The molecule has 0 radical (unpaired) electrons. The second-order valence-electron chi connectivity index (χ2n) is 6.36. The minimum absolute atomic E-state index is 0.329. The van der Waals surface area contributed by atoms with Crippen LogP contribution in [0.4, 0.5) is 0 Å². The summed E-state index contributed by atoms with van der Waals surface area (Å²) in [6, 6.07) is 11.9. The first-order valence-electron chi connectivity index (χ1n) is 8.60. The van der Waals surface area contributed by atoms with Crippen LogP contribution in [0.5, 0.6) is 11.5 Å². The average Bonchev–Trinajstić information content (AvgIpc) is 3.06. The molecule has 0 aromatic heterocycles. The van der Waals surface area contributed by atoms with Crippen LogP contribution >= 0.6 is 27.7 Å². The molecular formula is C20H21BrO4S. The molecule has 1 N–H and O–H groups in total. The van der Waals surface area contributed by atoms with Crippen LogP contribution in [0.15, 0.2) is 50.7 Å². The summed E-state index contributed by atoms with van der Waals surface area (Å²) in [5, 5.41) is 8.72. The van der Waals surface area contributed by atoms with Crippen LogP contribution < -0.4 is 9.47 Å². The lowest BCUT2D eigenvalue weighted by Crippen LogP contribution is -2.10. The summed E-state index contributed by atoms with van der Waals surface area (Å²) in [6.07, 6.45) is 5.08. The number of halogens is 1. The van der Waals surface area contributed by atoms with Crippen molar-refractivity contribution in [2.75, 3.05) is 6.61 Å². The molecule has 4 nitrogen and oxygen atoms in total. The number of carboxylic acid groups (broad SMARTS) is 1. The fourth-order valence-electron chi connectivity index (χ4n) is 2.99. The van der Waals surface area contributed by atoms with Crippen molar-refractivity contribution in [2.24, 2.45) is 0 Å². The minimum atomic E-state index is -0.980. The Kier molecular flexibility index (Phi) is 6.48. The minimum Gasteiger partial charge on any atom is -0.490 e. The van der Waals surface area contributed by atoms with Crippen LogP contribution in [-0.2, 0) is 4.79 Å². The molecule has 0 unspecified atom stereocenters. The molecule has 0 amide bonds. The van der Waals surface area contributed by atoms with Crippen molar-refractivity contribution in [2.45, 2.75) is 48.5 Å². The Morgan fingerprint density at radius 2 is 1.96 bits per heavy atom. The summed E-state index contributed by atoms with van der Waals surface area (Å²) in [7, 11) is 0. The van der Waals surface area contributed by atoms with E-state index in [1.54, 1.807) is 11.8 Å². The van der Waals surface area contributed by atoms with Crippen LogP contribution in [0.2, 0.25) is 0 Å². The fourth-order valence-corrected chi connectivity index (χ4v) is 4.61. The van der Waals surface area contributed by atoms with Crippen molar-refractivity contribution >= 4 is 33.7 Å². The van der Waals surface area contributed by atoms with E-state index in [2.05, 4.69) is 28.1 Å². The van der Waals surface area contributed by atoms with E-state index in [0.29, 0.717) is 11.9 Å². The highest BCUT2D eigenvalue weighted by Crippen LogP contribution is 2.36.